The summed E-state index contributed by atoms with van der Waals surface area (Å²) in [6.07, 6.45) is 7.50. The van der Waals surface area contributed by atoms with E-state index in [0.29, 0.717) is 0 Å². The fourth-order valence-corrected chi connectivity index (χ4v) is 0.884. The molecule has 0 amide bonds. The molecule has 1 aliphatic rings. The molecule has 0 radical (unpaired) electrons. The van der Waals surface area contributed by atoms with Crippen LogP contribution in [0.25, 0.3) is 0 Å². The van der Waals surface area contributed by atoms with Crippen LogP contribution in [0.5, 0.6) is 0 Å². The van der Waals surface area contributed by atoms with Crippen LogP contribution in [0.15, 0.2) is 0 Å². The van der Waals surface area contributed by atoms with Gasteiger partial charge in [-0.25, -0.2) is 0 Å². The fourth-order valence-electron chi connectivity index (χ4n) is 0.884. The van der Waals surface area contributed by atoms with Crippen molar-refractivity contribution in [3.8, 4) is 0 Å². The Kier molecular flexibility index (Phi) is 70.1. The van der Waals surface area contributed by atoms with Gasteiger partial charge in [-0.05, 0) is 0 Å². The summed E-state index contributed by atoms with van der Waals surface area (Å²) in [5, 5.41) is 0. The molecule has 0 N–H and O–H groups in total. The molecule has 10 heavy (non-hydrogen) atoms. The van der Waals surface area contributed by atoms with Gasteiger partial charge in [-0.3, -0.25) is 0 Å². The first kappa shape index (κ1) is 31.0. The number of rotatable bonds is 0. The van der Waals surface area contributed by atoms with Crippen LogP contribution < -0.4 is 0 Å². The van der Waals surface area contributed by atoms with E-state index in [2.05, 4.69) is 0 Å². The third kappa shape index (κ3) is 15.9. The zero-order valence-corrected chi connectivity index (χ0v) is 9.95. The quantitative estimate of drug-likeness (QED) is 0.436. The van der Waals surface area contributed by atoms with Crippen LogP contribution in [-0.2, 0) is 21.1 Å². The third-order valence-corrected chi connectivity index (χ3v) is 1.25. The van der Waals surface area contributed by atoms with Gasteiger partial charge in [0.1, 0.15) is 0 Å². The Morgan fingerprint density at radius 2 is 0.500 bits per heavy atom. The molecule has 1 rings (SSSR count). The van der Waals surface area contributed by atoms with Crippen LogP contribution in [0.2, 0.25) is 0 Å². The van der Waals surface area contributed by atoms with E-state index >= 15 is 0 Å². The Balaban J connectivity index is -0.0000000167. The molecule has 0 spiro atoms. The molecule has 1 aliphatic carbocycles. The van der Waals surface area contributed by atoms with Crippen LogP contribution >= 0.6 is 0 Å². The van der Waals surface area contributed by atoms with Crippen molar-refractivity contribution < 1.29 is 21.1 Å². The maximum atomic E-state index is 1.50. The molecule has 64 valence electrons. The van der Waals surface area contributed by atoms with E-state index in [1.54, 1.807) is 0 Å². The minimum Gasteiger partial charge on any atom is -0.358 e. The fraction of sp³-hybridized carbons (Fsp3) is 0.556. The Morgan fingerprint density at radius 3 is 0.600 bits per heavy atom. The Bertz CT molecular complexity index is 16.3. The van der Waals surface area contributed by atoms with Crippen molar-refractivity contribution >= 4 is 0 Å². The van der Waals surface area contributed by atoms with Gasteiger partial charge in [0.05, 0.1) is 0 Å². The topological polar surface area (TPSA) is 0 Å². The van der Waals surface area contributed by atoms with E-state index in [1.807, 2.05) is 0 Å². The number of hydrogen-bond donors (Lipinski definition) is 0. The molecule has 0 aromatic rings. The summed E-state index contributed by atoms with van der Waals surface area (Å²) in [4.78, 5) is 0. The molecular formula is C9H22Mo. The molecule has 0 heterocycles. The van der Waals surface area contributed by atoms with Gasteiger partial charge in [0.25, 0.3) is 0 Å². The van der Waals surface area contributed by atoms with Crippen molar-refractivity contribution in [3.05, 3.63) is 29.7 Å². The normalized spacial score (nSPS) is 12.0. The van der Waals surface area contributed by atoms with Crippen molar-refractivity contribution in [1.82, 2.24) is 0 Å². The second-order valence-electron chi connectivity index (χ2n) is 1.77. The largest absolute Gasteiger partial charge is 4.00 e. The average Bonchev–Trinajstić information content (AvgIpc) is 1.76. The molecule has 0 aliphatic heterocycles. The smallest absolute Gasteiger partial charge is 0.358 e. The summed E-state index contributed by atoms with van der Waals surface area (Å²) in [6, 6.07) is 0. The molecule has 0 saturated heterocycles. The predicted octanol–water partition coefficient (Wildman–Crippen LogP) is 3.75. The van der Waals surface area contributed by atoms with Gasteiger partial charge in [-0.1, -0.05) is 32.1 Å². The van der Waals surface area contributed by atoms with E-state index in [4.69, 9.17) is 0 Å². The molecule has 1 heteroatoms. The minimum absolute atomic E-state index is 0. The van der Waals surface area contributed by atoms with E-state index in [9.17, 15) is 0 Å². The summed E-state index contributed by atoms with van der Waals surface area (Å²) < 4.78 is 0. The van der Waals surface area contributed by atoms with Crippen molar-refractivity contribution in [2.45, 2.75) is 32.1 Å². The van der Waals surface area contributed by atoms with Crippen molar-refractivity contribution in [1.29, 1.82) is 0 Å². The van der Waals surface area contributed by atoms with Gasteiger partial charge >= 0.3 is 21.1 Å². The van der Waals surface area contributed by atoms with Gasteiger partial charge in [0.15, 0.2) is 0 Å². The van der Waals surface area contributed by atoms with Gasteiger partial charge in [-0.2, -0.15) is 0 Å². The Labute approximate surface area is 83.1 Å². The predicted molar refractivity (Wildman–Crippen MR) is 48.7 cm³/mol. The Hall–Kier alpha value is 0.688. The second-order valence-corrected chi connectivity index (χ2v) is 1.77. The summed E-state index contributed by atoms with van der Waals surface area (Å²) in [7, 11) is 0. The van der Waals surface area contributed by atoms with Crippen molar-refractivity contribution in [3.63, 3.8) is 0 Å². The number of hydrogen-bond acceptors (Lipinski definition) is 0. The second kappa shape index (κ2) is 22.6. The van der Waals surface area contributed by atoms with Crippen LogP contribution in [0.1, 0.15) is 32.1 Å². The average molecular weight is 226 g/mol. The van der Waals surface area contributed by atoms with E-state index in [1.165, 1.54) is 32.1 Å². The molecule has 0 nitrogen and oxygen atoms in total. The Morgan fingerprint density at radius 1 is 0.400 bits per heavy atom. The standard InChI is InChI=1S/C5H10.4CH3.Mo/c1-2-4-5-3-1;;;;;/h1-5H2;4*1H3;/q;4*-1;+4. The molecule has 0 unspecified atom stereocenters. The zero-order chi connectivity index (χ0) is 3.54. The van der Waals surface area contributed by atoms with Gasteiger partial charge in [0.2, 0.25) is 0 Å². The molecule has 1 saturated carbocycles. The SMILES string of the molecule is C1CCCC1.[CH3-].[CH3-].[CH3-].[CH3-].[Mo+4]. The monoisotopic (exact) mass is 228 g/mol. The van der Waals surface area contributed by atoms with E-state index < -0.39 is 0 Å². The summed E-state index contributed by atoms with van der Waals surface area (Å²) in [5.41, 5.74) is 0. The van der Waals surface area contributed by atoms with E-state index in [-0.39, 0.29) is 50.8 Å². The first-order chi connectivity index (χ1) is 2.50. The molecule has 0 atom stereocenters. The molecule has 1 fully saturated rings. The van der Waals surface area contributed by atoms with Crippen molar-refractivity contribution in [2.75, 3.05) is 0 Å². The maximum absolute atomic E-state index is 1.50. The maximum Gasteiger partial charge on any atom is 4.00 e. The summed E-state index contributed by atoms with van der Waals surface area (Å²) >= 11 is 0. The third-order valence-electron chi connectivity index (χ3n) is 1.25. The van der Waals surface area contributed by atoms with Gasteiger partial charge < -0.3 is 29.7 Å². The first-order valence-corrected chi connectivity index (χ1v) is 2.50. The van der Waals surface area contributed by atoms with Gasteiger partial charge in [0, 0.05) is 0 Å². The molecular weight excluding hydrogens is 204 g/mol. The minimum atomic E-state index is 0. The van der Waals surface area contributed by atoms with Crippen molar-refractivity contribution in [2.24, 2.45) is 0 Å². The molecule has 0 bridgehead atoms. The van der Waals surface area contributed by atoms with Gasteiger partial charge in [-0.15, -0.1) is 0 Å². The van der Waals surface area contributed by atoms with Crippen LogP contribution in [0.3, 0.4) is 0 Å². The summed E-state index contributed by atoms with van der Waals surface area (Å²) in [6.45, 7) is 0. The van der Waals surface area contributed by atoms with Crippen LogP contribution in [0, 0.1) is 29.7 Å². The molecule has 0 aromatic carbocycles. The molecule has 0 aromatic heterocycles. The van der Waals surface area contributed by atoms with Crippen LogP contribution in [0.4, 0.5) is 0 Å². The van der Waals surface area contributed by atoms with Crippen LogP contribution in [-0.4, -0.2) is 0 Å². The first-order valence-electron chi connectivity index (χ1n) is 2.50. The summed E-state index contributed by atoms with van der Waals surface area (Å²) in [5.74, 6) is 0. The zero-order valence-electron chi connectivity index (χ0n) is 7.94. The van der Waals surface area contributed by atoms with E-state index in [0.717, 1.165) is 0 Å².